The van der Waals surface area contributed by atoms with E-state index in [1.165, 1.54) is 0 Å². The zero-order valence-corrected chi connectivity index (χ0v) is 10.7. The molecule has 0 spiro atoms. The number of hydrogen-bond acceptors (Lipinski definition) is 3. The van der Waals surface area contributed by atoms with Crippen molar-refractivity contribution in [2.45, 2.75) is 31.8 Å². The first-order chi connectivity index (χ1) is 8.75. The number of hydrogen-bond donors (Lipinski definition) is 1. The van der Waals surface area contributed by atoms with Gasteiger partial charge in [0.05, 0.1) is 6.10 Å². The summed E-state index contributed by atoms with van der Waals surface area (Å²) in [6, 6.07) is 5.87. The number of imidazole rings is 1. The van der Waals surface area contributed by atoms with E-state index in [2.05, 4.69) is 9.97 Å². The molecule has 0 aliphatic carbocycles. The Kier molecular flexibility index (Phi) is 4.47. The first-order valence-corrected chi connectivity index (χ1v) is 6.30. The highest BCUT2D eigenvalue weighted by Crippen LogP contribution is 2.08. The van der Waals surface area contributed by atoms with Crippen molar-refractivity contribution in [1.29, 1.82) is 0 Å². The van der Waals surface area contributed by atoms with Gasteiger partial charge >= 0.3 is 0 Å². The monoisotopic (exact) mass is 245 g/mol. The molecule has 0 radical (unpaired) electrons. The minimum atomic E-state index is -0.288. The van der Waals surface area contributed by atoms with Gasteiger partial charge in [-0.1, -0.05) is 6.07 Å². The van der Waals surface area contributed by atoms with Crippen LogP contribution in [0.25, 0.3) is 0 Å². The summed E-state index contributed by atoms with van der Waals surface area (Å²) in [4.78, 5) is 8.49. The van der Waals surface area contributed by atoms with Crippen LogP contribution in [0, 0.1) is 0 Å². The Hall–Kier alpha value is -1.68. The third-order valence-corrected chi connectivity index (χ3v) is 3.08. The maximum Gasteiger partial charge on any atom is 0.108 e. The molecule has 4 heteroatoms. The number of aliphatic hydroxyl groups is 1. The molecule has 4 nitrogen and oxygen atoms in total. The maximum absolute atomic E-state index is 9.94. The summed E-state index contributed by atoms with van der Waals surface area (Å²) >= 11 is 0. The molecule has 1 N–H and O–H groups in total. The first kappa shape index (κ1) is 12.8. The first-order valence-electron chi connectivity index (χ1n) is 6.30. The van der Waals surface area contributed by atoms with Crippen LogP contribution in [0.15, 0.2) is 36.8 Å². The zero-order chi connectivity index (χ0) is 12.8. The van der Waals surface area contributed by atoms with Crippen molar-refractivity contribution in [2.24, 2.45) is 7.05 Å². The molecule has 18 heavy (non-hydrogen) atoms. The lowest BCUT2D eigenvalue weighted by molar-refractivity contribution is 0.154. The second-order valence-corrected chi connectivity index (χ2v) is 4.51. The molecule has 1 atom stereocenters. The normalized spacial score (nSPS) is 12.6. The summed E-state index contributed by atoms with van der Waals surface area (Å²) in [5.41, 5.74) is 1.04. The van der Waals surface area contributed by atoms with Gasteiger partial charge in [0.2, 0.25) is 0 Å². The molecule has 0 saturated carbocycles. The van der Waals surface area contributed by atoms with Crippen LogP contribution in [0.5, 0.6) is 0 Å². The van der Waals surface area contributed by atoms with Crippen LogP contribution < -0.4 is 0 Å². The second kappa shape index (κ2) is 6.31. The molecule has 2 rings (SSSR count). The fourth-order valence-electron chi connectivity index (χ4n) is 1.94. The van der Waals surface area contributed by atoms with Gasteiger partial charge in [0.25, 0.3) is 0 Å². The molecule has 0 aromatic carbocycles. The van der Waals surface area contributed by atoms with E-state index in [1.807, 2.05) is 36.0 Å². The maximum atomic E-state index is 9.94. The van der Waals surface area contributed by atoms with E-state index >= 15 is 0 Å². The van der Waals surface area contributed by atoms with Gasteiger partial charge in [-0.3, -0.25) is 4.98 Å². The van der Waals surface area contributed by atoms with Crippen molar-refractivity contribution in [2.75, 3.05) is 0 Å². The summed E-state index contributed by atoms with van der Waals surface area (Å²) in [6.07, 6.45) is 8.35. The van der Waals surface area contributed by atoms with Crippen molar-refractivity contribution in [3.8, 4) is 0 Å². The highest BCUT2D eigenvalue weighted by Gasteiger charge is 2.07. The number of rotatable bonds is 6. The van der Waals surface area contributed by atoms with E-state index in [9.17, 15) is 5.11 Å². The summed E-state index contributed by atoms with van der Waals surface area (Å²) < 4.78 is 1.99. The highest BCUT2D eigenvalue weighted by atomic mass is 16.3. The van der Waals surface area contributed by atoms with Crippen LogP contribution in [0.1, 0.15) is 24.4 Å². The number of aryl methyl sites for hydroxylation is 3. The van der Waals surface area contributed by atoms with Crippen molar-refractivity contribution in [1.82, 2.24) is 14.5 Å². The van der Waals surface area contributed by atoms with Crippen molar-refractivity contribution < 1.29 is 5.11 Å². The number of pyridine rings is 1. The Morgan fingerprint density at radius 3 is 2.67 bits per heavy atom. The van der Waals surface area contributed by atoms with E-state index in [-0.39, 0.29) is 6.10 Å². The number of aromatic nitrogens is 3. The Labute approximate surface area is 107 Å². The van der Waals surface area contributed by atoms with Crippen LogP contribution in [-0.4, -0.2) is 25.7 Å². The Morgan fingerprint density at radius 2 is 2.00 bits per heavy atom. The predicted octanol–water partition coefficient (Wildman–Crippen LogP) is 1.74. The van der Waals surface area contributed by atoms with Gasteiger partial charge in [-0.05, 0) is 31.4 Å². The average molecular weight is 245 g/mol. The van der Waals surface area contributed by atoms with Gasteiger partial charge < -0.3 is 9.67 Å². The molecule has 2 heterocycles. The molecular formula is C14H19N3O. The topological polar surface area (TPSA) is 50.9 Å². The van der Waals surface area contributed by atoms with Gasteiger partial charge in [-0.25, -0.2) is 4.98 Å². The van der Waals surface area contributed by atoms with Crippen molar-refractivity contribution in [3.05, 3.63) is 48.3 Å². The molecule has 0 aliphatic heterocycles. The Balaban J connectivity index is 1.73. The number of aliphatic hydroxyl groups excluding tert-OH is 1. The van der Waals surface area contributed by atoms with Crippen LogP contribution in [-0.2, 0) is 19.9 Å². The molecule has 0 bridgehead atoms. The largest absolute Gasteiger partial charge is 0.393 e. The summed E-state index contributed by atoms with van der Waals surface area (Å²) in [7, 11) is 1.97. The van der Waals surface area contributed by atoms with E-state index < -0.39 is 0 Å². The van der Waals surface area contributed by atoms with E-state index in [0.717, 1.165) is 37.2 Å². The van der Waals surface area contributed by atoms with Crippen molar-refractivity contribution >= 4 is 0 Å². The molecule has 0 aliphatic rings. The molecule has 2 aromatic rings. The minimum absolute atomic E-state index is 0.288. The fraction of sp³-hybridized carbons (Fsp3) is 0.429. The lowest BCUT2D eigenvalue weighted by Gasteiger charge is -2.10. The van der Waals surface area contributed by atoms with Gasteiger partial charge in [0, 0.05) is 37.8 Å². The van der Waals surface area contributed by atoms with Crippen LogP contribution in [0.2, 0.25) is 0 Å². The smallest absolute Gasteiger partial charge is 0.108 e. The Bertz CT molecular complexity index is 467. The van der Waals surface area contributed by atoms with E-state index in [1.54, 1.807) is 12.4 Å². The van der Waals surface area contributed by atoms with Crippen LogP contribution >= 0.6 is 0 Å². The highest BCUT2D eigenvalue weighted by molar-refractivity contribution is 5.03. The lowest BCUT2D eigenvalue weighted by atomic mass is 10.1. The summed E-state index contributed by atoms with van der Waals surface area (Å²) in [5, 5.41) is 9.94. The molecule has 0 fully saturated rings. The fourth-order valence-corrected chi connectivity index (χ4v) is 1.94. The standard InChI is InChI=1S/C14H19N3O/c1-17-11-10-16-14(17)8-7-13(18)6-5-12-4-2-3-9-15-12/h2-4,9-11,13,18H,5-8H2,1H3. The molecular weight excluding hydrogens is 226 g/mol. The van der Waals surface area contributed by atoms with Crippen molar-refractivity contribution in [3.63, 3.8) is 0 Å². The molecule has 0 amide bonds. The second-order valence-electron chi connectivity index (χ2n) is 4.51. The quantitative estimate of drug-likeness (QED) is 0.843. The molecule has 1 unspecified atom stereocenters. The van der Waals surface area contributed by atoms with Gasteiger partial charge in [0.15, 0.2) is 0 Å². The van der Waals surface area contributed by atoms with Gasteiger partial charge in [-0.15, -0.1) is 0 Å². The van der Waals surface area contributed by atoms with E-state index in [4.69, 9.17) is 0 Å². The summed E-state index contributed by atoms with van der Waals surface area (Å²) in [6.45, 7) is 0. The number of nitrogens with zero attached hydrogens (tertiary/aromatic N) is 3. The third-order valence-electron chi connectivity index (χ3n) is 3.08. The minimum Gasteiger partial charge on any atom is -0.393 e. The van der Waals surface area contributed by atoms with Crippen LogP contribution in [0.3, 0.4) is 0 Å². The lowest BCUT2D eigenvalue weighted by Crippen LogP contribution is -2.11. The average Bonchev–Trinajstić information content (AvgIpc) is 2.81. The molecule has 96 valence electrons. The van der Waals surface area contributed by atoms with E-state index in [0.29, 0.717) is 0 Å². The SMILES string of the molecule is Cn1ccnc1CCC(O)CCc1ccccn1. The third kappa shape index (κ3) is 3.67. The Morgan fingerprint density at radius 1 is 1.17 bits per heavy atom. The predicted molar refractivity (Wildman–Crippen MR) is 70.1 cm³/mol. The zero-order valence-electron chi connectivity index (χ0n) is 10.7. The van der Waals surface area contributed by atoms with Gasteiger partial charge in [0.1, 0.15) is 5.82 Å². The van der Waals surface area contributed by atoms with Crippen LogP contribution in [0.4, 0.5) is 0 Å². The summed E-state index contributed by atoms with van der Waals surface area (Å²) in [5.74, 6) is 1.02. The molecule has 0 saturated heterocycles. The van der Waals surface area contributed by atoms with Gasteiger partial charge in [-0.2, -0.15) is 0 Å². The molecule has 2 aromatic heterocycles.